The minimum Gasteiger partial charge on any atom is -0.381 e. The highest BCUT2D eigenvalue weighted by atomic mass is 16.5. The Hall–Kier alpha value is -0.650. The fourth-order valence-electron chi connectivity index (χ4n) is 3.54. The average molecular weight is 281 g/mol. The molecule has 20 heavy (non-hydrogen) atoms. The van der Waals surface area contributed by atoms with Crippen LogP contribution in [-0.4, -0.2) is 74.2 Å². The number of rotatable bonds is 4. The van der Waals surface area contributed by atoms with Gasteiger partial charge in [-0.2, -0.15) is 0 Å². The number of amides is 1. The topological polar surface area (TPSA) is 44.8 Å². The van der Waals surface area contributed by atoms with Crippen LogP contribution in [0.15, 0.2) is 0 Å². The van der Waals surface area contributed by atoms with Crippen LogP contribution in [0.2, 0.25) is 0 Å². The maximum absolute atomic E-state index is 12.3. The van der Waals surface area contributed by atoms with E-state index in [-0.39, 0.29) is 0 Å². The molecule has 3 saturated heterocycles. The van der Waals surface area contributed by atoms with Gasteiger partial charge in [0.15, 0.2) is 0 Å². The zero-order valence-electron chi connectivity index (χ0n) is 12.4. The maximum atomic E-state index is 12.3. The van der Waals surface area contributed by atoms with Crippen LogP contribution < -0.4 is 5.32 Å². The second-order valence-electron chi connectivity index (χ2n) is 6.41. The lowest BCUT2D eigenvalue weighted by Gasteiger charge is -2.36. The molecule has 0 radical (unpaired) electrons. The van der Waals surface area contributed by atoms with E-state index in [1.54, 1.807) is 0 Å². The molecule has 114 valence electrons. The highest BCUT2D eigenvalue weighted by Crippen LogP contribution is 2.16. The molecule has 0 saturated carbocycles. The van der Waals surface area contributed by atoms with Crippen molar-refractivity contribution in [3.8, 4) is 0 Å². The van der Waals surface area contributed by atoms with Crippen LogP contribution in [0.3, 0.4) is 0 Å². The van der Waals surface area contributed by atoms with E-state index in [9.17, 15) is 4.79 Å². The van der Waals surface area contributed by atoms with Gasteiger partial charge in [0.2, 0.25) is 5.91 Å². The Balaban J connectivity index is 1.37. The second kappa shape index (κ2) is 6.87. The normalized spacial score (nSPS) is 31.9. The molecule has 0 aromatic rings. The van der Waals surface area contributed by atoms with Crippen LogP contribution in [0, 0.1) is 5.92 Å². The summed E-state index contributed by atoms with van der Waals surface area (Å²) in [5, 5.41) is 3.41. The van der Waals surface area contributed by atoms with Gasteiger partial charge in [-0.1, -0.05) is 0 Å². The van der Waals surface area contributed by atoms with E-state index in [1.807, 2.05) is 0 Å². The summed E-state index contributed by atoms with van der Waals surface area (Å²) in [7, 11) is 0. The van der Waals surface area contributed by atoms with Crippen molar-refractivity contribution < 1.29 is 9.53 Å². The highest BCUT2D eigenvalue weighted by Gasteiger charge is 2.26. The van der Waals surface area contributed by atoms with E-state index in [1.165, 1.54) is 12.8 Å². The van der Waals surface area contributed by atoms with Gasteiger partial charge in [0, 0.05) is 51.8 Å². The van der Waals surface area contributed by atoms with E-state index < -0.39 is 0 Å². The zero-order valence-corrected chi connectivity index (χ0v) is 12.4. The predicted molar refractivity (Wildman–Crippen MR) is 77.6 cm³/mol. The number of piperazine rings is 1. The Bertz CT molecular complexity index is 317. The summed E-state index contributed by atoms with van der Waals surface area (Å²) < 4.78 is 5.43. The number of carbonyl (C=O) groups excluding carboxylic acids is 1. The zero-order chi connectivity index (χ0) is 13.8. The smallest absolute Gasteiger partial charge is 0.224 e. The molecule has 3 aliphatic rings. The van der Waals surface area contributed by atoms with Crippen LogP contribution in [0.1, 0.15) is 25.7 Å². The standard InChI is InChI=1S/C15H27N3O2/c19-15(10-14-2-1-4-16-14)18-7-5-17(6-8-18)11-13-3-9-20-12-13/h13-14,16H,1-12H2. The van der Waals surface area contributed by atoms with Crippen molar-refractivity contribution in [2.24, 2.45) is 5.92 Å². The van der Waals surface area contributed by atoms with Gasteiger partial charge in [0.1, 0.15) is 0 Å². The van der Waals surface area contributed by atoms with Crippen molar-refractivity contribution in [2.75, 3.05) is 52.5 Å². The summed E-state index contributed by atoms with van der Waals surface area (Å²) in [5.74, 6) is 1.05. The molecule has 1 amide bonds. The SMILES string of the molecule is O=C(CC1CCCN1)N1CCN(CC2CCOC2)CC1. The molecule has 5 nitrogen and oxygen atoms in total. The summed E-state index contributed by atoms with van der Waals surface area (Å²) >= 11 is 0. The Morgan fingerprint density at radius 1 is 1.20 bits per heavy atom. The lowest BCUT2D eigenvalue weighted by atomic mass is 10.1. The van der Waals surface area contributed by atoms with Gasteiger partial charge in [0.25, 0.3) is 0 Å². The molecule has 3 fully saturated rings. The fourth-order valence-corrected chi connectivity index (χ4v) is 3.54. The summed E-state index contributed by atoms with van der Waals surface area (Å²) in [6, 6.07) is 0.427. The lowest BCUT2D eigenvalue weighted by molar-refractivity contribution is -0.133. The fraction of sp³-hybridized carbons (Fsp3) is 0.933. The number of ether oxygens (including phenoxy) is 1. The molecule has 3 aliphatic heterocycles. The van der Waals surface area contributed by atoms with Crippen LogP contribution in [0.5, 0.6) is 0 Å². The lowest BCUT2D eigenvalue weighted by Crippen LogP contribution is -2.50. The van der Waals surface area contributed by atoms with Crippen molar-refractivity contribution in [1.29, 1.82) is 0 Å². The van der Waals surface area contributed by atoms with Crippen molar-refractivity contribution in [2.45, 2.75) is 31.7 Å². The molecule has 2 atom stereocenters. The van der Waals surface area contributed by atoms with Gasteiger partial charge in [0.05, 0.1) is 6.61 Å². The van der Waals surface area contributed by atoms with Gasteiger partial charge in [-0.15, -0.1) is 0 Å². The molecule has 0 bridgehead atoms. The first-order valence-corrected chi connectivity index (χ1v) is 8.12. The highest BCUT2D eigenvalue weighted by molar-refractivity contribution is 5.77. The molecule has 0 aromatic carbocycles. The molecule has 3 heterocycles. The van der Waals surface area contributed by atoms with Crippen molar-refractivity contribution in [3.63, 3.8) is 0 Å². The third-order valence-electron chi connectivity index (χ3n) is 4.85. The van der Waals surface area contributed by atoms with Crippen LogP contribution in [-0.2, 0) is 9.53 Å². The summed E-state index contributed by atoms with van der Waals surface area (Å²) in [4.78, 5) is 16.8. The summed E-state index contributed by atoms with van der Waals surface area (Å²) in [5.41, 5.74) is 0. The molecule has 2 unspecified atom stereocenters. The first-order valence-electron chi connectivity index (χ1n) is 8.12. The van der Waals surface area contributed by atoms with Gasteiger partial charge in [-0.05, 0) is 31.7 Å². The number of nitrogens with one attached hydrogen (secondary N) is 1. The quantitative estimate of drug-likeness (QED) is 0.805. The number of carbonyl (C=O) groups is 1. The van der Waals surface area contributed by atoms with E-state index in [2.05, 4.69) is 15.1 Å². The summed E-state index contributed by atoms with van der Waals surface area (Å²) in [6.07, 6.45) is 4.27. The average Bonchev–Trinajstić information content (AvgIpc) is 3.13. The van der Waals surface area contributed by atoms with E-state index in [0.29, 0.717) is 24.3 Å². The van der Waals surface area contributed by atoms with Crippen LogP contribution >= 0.6 is 0 Å². The first-order chi connectivity index (χ1) is 9.81. The van der Waals surface area contributed by atoms with Crippen LogP contribution in [0.25, 0.3) is 0 Å². The van der Waals surface area contributed by atoms with E-state index in [4.69, 9.17) is 4.74 Å². The van der Waals surface area contributed by atoms with E-state index >= 15 is 0 Å². The Labute approximate surface area is 121 Å². The van der Waals surface area contributed by atoms with Crippen LogP contribution in [0.4, 0.5) is 0 Å². The number of nitrogens with zero attached hydrogens (tertiary/aromatic N) is 2. The molecule has 3 rings (SSSR count). The monoisotopic (exact) mass is 281 g/mol. The molecule has 1 N–H and O–H groups in total. The summed E-state index contributed by atoms with van der Waals surface area (Å²) in [6.45, 7) is 7.93. The Morgan fingerprint density at radius 3 is 2.70 bits per heavy atom. The third kappa shape index (κ3) is 3.71. The van der Waals surface area contributed by atoms with E-state index in [0.717, 1.165) is 58.9 Å². The van der Waals surface area contributed by atoms with Crippen molar-refractivity contribution in [1.82, 2.24) is 15.1 Å². The van der Waals surface area contributed by atoms with Crippen molar-refractivity contribution in [3.05, 3.63) is 0 Å². The number of hydrogen-bond acceptors (Lipinski definition) is 4. The van der Waals surface area contributed by atoms with Gasteiger partial charge in [-0.3, -0.25) is 9.69 Å². The third-order valence-corrected chi connectivity index (χ3v) is 4.85. The molecule has 5 heteroatoms. The minimum absolute atomic E-state index is 0.341. The molecular formula is C15H27N3O2. The second-order valence-corrected chi connectivity index (χ2v) is 6.41. The molecule has 0 spiro atoms. The van der Waals surface area contributed by atoms with Crippen molar-refractivity contribution >= 4 is 5.91 Å². The van der Waals surface area contributed by atoms with Gasteiger partial charge < -0.3 is 15.0 Å². The minimum atomic E-state index is 0.341. The molecule has 0 aromatic heterocycles. The predicted octanol–water partition coefficient (Wildman–Crippen LogP) is 0.309. The maximum Gasteiger partial charge on any atom is 0.224 e. The number of hydrogen-bond donors (Lipinski definition) is 1. The Kier molecular flexibility index (Phi) is 4.91. The largest absolute Gasteiger partial charge is 0.381 e. The molecular weight excluding hydrogens is 254 g/mol. The Morgan fingerprint density at radius 2 is 2.05 bits per heavy atom. The van der Waals surface area contributed by atoms with Gasteiger partial charge in [-0.25, -0.2) is 0 Å². The van der Waals surface area contributed by atoms with Gasteiger partial charge >= 0.3 is 0 Å². The first kappa shape index (κ1) is 14.3. The molecule has 0 aliphatic carbocycles.